The highest BCUT2D eigenvalue weighted by atomic mass is 16.6. The Bertz CT molecular complexity index is 822. The molecule has 0 saturated carbocycles. The number of carbonyl (C=O) groups excluding carboxylic acids is 3. The Morgan fingerprint density at radius 2 is 2.07 bits per heavy atom. The average Bonchev–Trinajstić information content (AvgIpc) is 2.66. The summed E-state index contributed by atoms with van der Waals surface area (Å²) < 4.78 is 15.7. The van der Waals surface area contributed by atoms with Crippen molar-refractivity contribution < 1.29 is 28.6 Å². The second-order valence-electron chi connectivity index (χ2n) is 6.41. The van der Waals surface area contributed by atoms with E-state index in [1.54, 1.807) is 26.0 Å². The Kier molecular flexibility index (Phi) is 5.72. The smallest absolute Gasteiger partial charge is 0.348 e. The van der Waals surface area contributed by atoms with Gasteiger partial charge in [0.05, 0.1) is 49.8 Å². The number of nitrogens with one attached hydrogen (secondary N) is 2. The molecule has 0 fully saturated rings. The number of nitrogens with zero attached hydrogens (tertiary/aromatic N) is 1. The van der Waals surface area contributed by atoms with Crippen molar-refractivity contribution in [2.24, 2.45) is 0 Å². The lowest BCUT2D eigenvalue weighted by Gasteiger charge is -2.37. The van der Waals surface area contributed by atoms with Crippen molar-refractivity contribution in [2.75, 3.05) is 31.7 Å². The van der Waals surface area contributed by atoms with Crippen LogP contribution in [0.25, 0.3) is 0 Å². The molecular weight excluding hydrogens is 366 g/mol. The molecule has 0 spiro atoms. The number of anilines is 1. The van der Waals surface area contributed by atoms with Crippen LogP contribution in [0.2, 0.25) is 0 Å². The van der Waals surface area contributed by atoms with E-state index in [1.165, 1.54) is 7.11 Å². The van der Waals surface area contributed by atoms with Crippen LogP contribution >= 0.6 is 0 Å². The van der Waals surface area contributed by atoms with Crippen LogP contribution in [0.4, 0.5) is 10.5 Å². The molecular formula is C19H23N3O6. The fraction of sp³-hybridized carbons (Fsp3) is 0.421. The van der Waals surface area contributed by atoms with E-state index < -0.39 is 30.1 Å². The van der Waals surface area contributed by atoms with E-state index in [-0.39, 0.29) is 19.7 Å². The molecule has 2 amide bonds. The second kappa shape index (κ2) is 8.20. The van der Waals surface area contributed by atoms with Crippen LogP contribution in [-0.2, 0) is 19.1 Å². The standard InChI is InChI=1S/C19H23N3O6/c1-4-27-18(24)16-11(2)20-19(25)21-12(16)9-22-10-15(17(23)26-3)28-14-8-6-5-7-13(14)22/h5-8,11,15H,4,9-10H2,1-3H3,(H2,20,21,25). The summed E-state index contributed by atoms with van der Waals surface area (Å²) in [7, 11) is 1.30. The fourth-order valence-electron chi connectivity index (χ4n) is 3.31. The summed E-state index contributed by atoms with van der Waals surface area (Å²) in [6.45, 7) is 4.06. The Morgan fingerprint density at radius 1 is 1.32 bits per heavy atom. The molecule has 2 aliphatic rings. The molecule has 28 heavy (non-hydrogen) atoms. The largest absolute Gasteiger partial charge is 0.475 e. The molecule has 2 aliphatic heterocycles. The van der Waals surface area contributed by atoms with E-state index in [4.69, 9.17) is 14.2 Å². The normalized spacial score (nSPS) is 21.1. The second-order valence-corrected chi connectivity index (χ2v) is 6.41. The summed E-state index contributed by atoms with van der Waals surface area (Å²) in [5, 5.41) is 5.37. The third-order valence-electron chi connectivity index (χ3n) is 4.54. The maximum absolute atomic E-state index is 12.4. The van der Waals surface area contributed by atoms with Crippen LogP contribution in [0.15, 0.2) is 35.5 Å². The molecule has 2 unspecified atom stereocenters. The van der Waals surface area contributed by atoms with Gasteiger partial charge in [0.1, 0.15) is 5.75 Å². The minimum absolute atomic E-state index is 0.194. The van der Waals surface area contributed by atoms with Gasteiger partial charge >= 0.3 is 18.0 Å². The summed E-state index contributed by atoms with van der Waals surface area (Å²) >= 11 is 0. The summed E-state index contributed by atoms with van der Waals surface area (Å²) in [5.41, 5.74) is 1.52. The number of urea groups is 1. The number of hydrogen-bond donors (Lipinski definition) is 2. The molecule has 3 rings (SSSR count). The third-order valence-corrected chi connectivity index (χ3v) is 4.54. The monoisotopic (exact) mass is 389 g/mol. The maximum atomic E-state index is 12.4. The minimum atomic E-state index is -0.818. The summed E-state index contributed by atoms with van der Waals surface area (Å²) in [4.78, 5) is 38.3. The zero-order valence-corrected chi connectivity index (χ0v) is 16.0. The third kappa shape index (κ3) is 3.88. The molecule has 1 aromatic rings. The van der Waals surface area contributed by atoms with E-state index in [9.17, 15) is 14.4 Å². The molecule has 0 radical (unpaired) electrons. The van der Waals surface area contributed by atoms with Gasteiger partial charge in [-0.3, -0.25) is 0 Å². The lowest BCUT2D eigenvalue weighted by atomic mass is 10.0. The number of para-hydroxylation sites is 2. The van der Waals surface area contributed by atoms with Crippen molar-refractivity contribution in [1.29, 1.82) is 0 Å². The van der Waals surface area contributed by atoms with Gasteiger partial charge in [-0.15, -0.1) is 0 Å². The van der Waals surface area contributed by atoms with Crippen LogP contribution < -0.4 is 20.3 Å². The number of amides is 2. The van der Waals surface area contributed by atoms with Crippen molar-refractivity contribution in [3.8, 4) is 5.75 Å². The van der Waals surface area contributed by atoms with Crippen LogP contribution in [0.3, 0.4) is 0 Å². The van der Waals surface area contributed by atoms with E-state index in [2.05, 4.69) is 10.6 Å². The zero-order chi connectivity index (χ0) is 20.3. The van der Waals surface area contributed by atoms with Gasteiger partial charge in [0, 0.05) is 0 Å². The van der Waals surface area contributed by atoms with Gasteiger partial charge < -0.3 is 29.7 Å². The lowest BCUT2D eigenvalue weighted by molar-refractivity contribution is -0.148. The average molecular weight is 389 g/mol. The van der Waals surface area contributed by atoms with Crippen molar-refractivity contribution in [3.63, 3.8) is 0 Å². The topological polar surface area (TPSA) is 106 Å². The summed E-state index contributed by atoms with van der Waals surface area (Å²) in [6.07, 6.45) is -0.818. The number of rotatable bonds is 5. The summed E-state index contributed by atoms with van der Waals surface area (Å²) in [5.74, 6) is -0.471. The highest BCUT2D eigenvalue weighted by molar-refractivity contribution is 5.95. The molecule has 0 aliphatic carbocycles. The van der Waals surface area contributed by atoms with E-state index in [0.29, 0.717) is 17.0 Å². The number of ether oxygens (including phenoxy) is 3. The predicted octanol–water partition coefficient (Wildman–Crippen LogP) is 0.945. The molecule has 0 saturated heterocycles. The highest BCUT2D eigenvalue weighted by Gasteiger charge is 2.35. The van der Waals surface area contributed by atoms with Crippen LogP contribution in [-0.4, -0.2) is 56.9 Å². The first-order chi connectivity index (χ1) is 13.4. The Hall–Kier alpha value is -3.23. The maximum Gasteiger partial charge on any atom is 0.348 e. The molecule has 0 bridgehead atoms. The van der Waals surface area contributed by atoms with Crippen LogP contribution in [0.5, 0.6) is 5.75 Å². The molecule has 2 N–H and O–H groups in total. The van der Waals surface area contributed by atoms with Crippen molar-refractivity contribution in [3.05, 3.63) is 35.5 Å². The molecule has 1 aromatic carbocycles. The quantitative estimate of drug-likeness (QED) is 0.722. The summed E-state index contributed by atoms with van der Waals surface area (Å²) in [6, 6.07) is 6.34. The van der Waals surface area contributed by atoms with Crippen molar-refractivity contribution in [1.82, 2.24) is 10.6 Å². The number of fused-ring (bicyclic) bond motifs is 1. The molecule has 9 nitrogen and oxygen atoms in total. The van der Waals surface area contributed by atoms with Crippen molar-refractivity contribution in [2.45, 2.75) is 26.0 Å². The van der Waals surface area contributed by atoms with Gasteiger partial charge in [0.25, 0.3) is 0 Å². The van der Waals surface area contributed by atoms with Crippen molar-refractivity contribution >= 4 is 23.7 Å². The fourth-order valence-corrected chi connectivity index (χ4v) is 3.31. The zero-order valence-electron chi connectivity index (χ0n) is 16.0. The SMILES string of the molecule is CCOC(=O)C1=C(CN2CC(C(=O)OC)Oc3ccccc32)NC(=O)NC1C. The number of carbonyl (C=O) groups is 3. The van der Waals surface area contributed by atoms with Gasteiger partial charge in [0.2, 0.25) is 6.10 Å². The van der Waals surface area contributed by atoms with Crippen LogP contribution in [0.1, 0.15) is 13.8 Å². The first kappa shape index (κ1) is 19.5. The number of methoxy groups -OCH3 is 1. The molecule has 150 valence electrons. The van der Waals surface area contributed by atoms with E-state index >= 15 is 0 Å². The van der Waals surface area contributed by atoms with E-state index in [0.717, 1.165) is 5.69 Å². The Balaban J connectivity index is 1.96. The molecule has 2 heterocycles. The number of esters is 2. The predicted molar refractivity (Wildman–Crippen MR) is 99.9 cm³/mol. The van der Waals surface area contributed by atoms with Gasteiger partial charge in [0.15, 0.2) is 0 Å². The minimum Gasteiger partial charge on any atom is -0.475 e. The Morgan fingerprint density at radius 3 is 2.79 bits per heavy atom. The molecule has 2 atom stereocenters. The van der Waals surface area contributed by atoms with Gasteiger partial charge in [-0.25, -0.2) is 14.4 Å². The first-order valence-electron chi connectivity index (χ1n) is 9.00. The first-order valence-corrected chi connectivity index (χ1v) is 9.00. The van der Waals surface area contributed by atoms with Gasteiger partial charge in [-0.2, -0.15) is 0 Å². The van der Waals surface area contributed by atoms with Crippen LogP contribution in [0, 0.1) is 0 Å². The highest BCUT2D eigenvalue weighted by Crippen LogP contribution is 2.34. The van der Waals surface area contributed by atoms with E-state index in [1.807, 2.05) is 17.0 Å². The van der Waals surface area contributed by atoms with Gasteiger partial charge in [-0.05, 0) is 26.0 Å². The number of hydrogen-bond acceptors (Lipinski definition) is 7. The lowest BCUT2D eigenvalue weighted by Crippen LogP contribution is -2.53. The Labute approximate surface area is 162 Å². The molecule has 0 aromatic heterocycles. The van der Waals surface area contributed by atoms with Gasteiger partial charge in [-0.1, -0.05) is 12.1 Å². The molecule has 9 heteroatoms. The number of benzene rings is 1.